The molecule has 168 valence electrons. The highest BCUT2D eigenvalue weighted by molar-refractivity contribution is 5.80. The molecule has 1 saturated heterocycles. The molecule has 1 fully saturated rings. The van der Waals surface area contributed by atoms with E-state index >= 15 is 8.78 Å². The summed E-state index contributed by atoms with van der Waals surface area (Å²) in [6.07, 6.45) is 2.16. The average molecular weight is 432 g/mol. The molecule has 2 aromatic rings. The topological polar surface area (TPSA) is 58.0 Å². The summed E-state index contributed by atoms with van der Waals surface area (Å²) in [6.45, 7) is 9.16. The van der Waals surface area contributed by atoms with Gasteiger partial charge in [-0.1, -0.05) is 18.2 Å². The van der Waals surface area contributed by atoms with Crippen molar-refractivity contribution in [2.75, 3.05) is 31.2 Å². The van der Waals surface area contributed by atoms with E-state index in [9.17, 15) is 5.11 Å². The second kappa shape index (κ2) is 9.83. The van der Waals surface area contributed by atoms with Gasteiger partial charge in [0.25, 0.3) is 0 Å². The molecule has 5 nitrogen and oxygen atoms in total. The molecule has 0 atom stereocenters. The van der Waals surface area contributed by atoms with Gasteiger partial charge in [-0.3, -0.25) is 4.99 Å². The van der Waals surface area contributed by atoms with Gasteiger partial charge < -0.3 is 14.7 Å². The molecule has 31 heavy (non-hydrogen) atoms. The number of rotatable bonds is 7. The van der Waals surface area contributed by atoms with Crippen molar-refractivity contribution in [3.05, 3.63) is 57.8 Å². The number of halogens is 2. The predicted octanol–water partition coefficient (Wildman–Crippen LogP) is 4.14. The smallest absolute Gasteiger partial charge is 0.173 e. The monoisotopic (exact) mass is 431 g/mol. The molecule has 1 aromatic heterocycles. The Kier molecular flexibility index (Phi) is 7.38. The molecule has 3 rings (SSSR count). The molecule has 1 aliphatic rings. The lowest BCUT2D eigenvalue weighted by Crippen LogP contribution is -2.38. The first kappa shape index (κ1) is 23.3. The summed E-state index contributed by atoms with van der Waals surface area (Å²) in [5.41, 5.74) is 2.28. The summed E-state index contributed by atoms with van der Waals surface area (Å²) in [4.78, 5) is 10.4. The van der Waals surface area contributed by atoms with Crippen LogP contribution in [0, 0.1) is 25.5 Å². The molecule has 0 saturated carbocycles. The Bertz CT molecular complexity index is 949. The summed E-state index contributed by atoms with van der Waals surface area (Å²) in [6, 6.07) is 5.92. The molecule has 0 radical (unpaired) electrons. The van der Waals surface area contributed by atoms with E-state index in [0.717, 1.165) is 11.1 Å². The van der Waals surface area contributed by atoms with Gasteiger partial charge in [0.2, 0.25) is 0 Å². The van der Waals surface area contributed by atoms with Crippen molar-refractivity contribution in [2.45, 2.75) is 52.7 Å². The lowest BCUT2D eigenvalue weighted by molar-refractivity contribution is 0.0708. The number of hydrogen-bond donors (Lipinski definition) is 1. The van der Waals surface area contributed by atoms with Crippen molar-refractivity contribution >= 4 is 12.0 Å². The summed E-state index contributed by atoms with van der Waals surface area (Å²) in [7, 11) is 0. The molecule has 1 N–H and O–H groups in total. The molecule has 0 aliphatic carbocycles. The molecule has 0 spiro atoms. The molecule has 1 aliphatic heterocycles. The summed E-state index contributed by atoms with van der Waals surface area (Å²) in [5, 5.41) is 10.0. The highest BCUT2D eigenvalue weighted by Crippen LogP contribution is 2.27. The normalized spacial score (nSPS) is 15.1. The fourth-order valence-corrected chi connectivity index (χ4v) is 3.43. The van der Waals surface area contributed by atoms with Gasteiger partial charge in [-0.05, 0) is 57.2 Å². The standard InChI is InChI=1S/C24H31F2N3O2/c1-16-5-6-18(13-17(16)2)14-27-15-19-21(25)20(7-8-24(3,4)30)28-23(22(19)26)29-9-11-31-12-10-29/h5-6,13-14,30H,7-12,15H2,1-4H3. The number of aliphatic imine (C=N–C) groups is 1. The minimum absolute atomic E-state index is 0.0951. The van der Waals surface area contributed by atoms with Crippen LogP contribution in [-0.4, -0.2) is 48.2 Å². The van der Waals surface area contributed by atoms with Gasteiger partial charge in [0.15, 0.2) is 17.5 Å². The average Bonchev–Trinajstić information content (AvgIpc) is 2.72. The van der Waals surface area contributed by atoms with E-state index in [1.165, 1.54) is 5.56 Å². The molecular weight excluding hydrogens is 400 g/mol. The predicted molar refractivity (Wildman–Crippen MR) is 119 cm³/mol. The Morgan fingerprint density at radius 3 is 2.52 bits per heavy atom. The lowest BCUT2D eigenvalue weighted by Gasteiger charge is -2.29. The van der Waals surface area contributed by atoms with Crippen molar-refractivity contribution < 1.29 is 18.6 Å². The zero-order valence-corrected chi connectivity index (χ0v) is 18.7. The van der Waals surface area contributed by atoms with E-state index in [-0.39, 0.29) is 30.0 Å². The van der Waals surface area contributed by atoms with E-state index in [1.54, 1.807) is 25.0 Å². The lowest BCUT2D eigenvalue weighted by atomic mass is 10.00. The van der Waals surface area contributed by atoms with Gasteiger partial charge in [-0.2, -0.15) is 0 Å². The Balaban J connectivity index is 1.92. The number of anilines is 1. The van der Waals surface area contributed by atoms with Crippen molar-refractivity contribution in [2.24, 2.45) is 4.99 Å². The second-order valence-corrected chi connectivity index (χ2v) is 8.71. The van der Waals surface area contributed by atoms with E-state index in [4.69, 9.17) is 4.74 Å². The third-order valence-electron chi connectivity index (χ3n) is 5.53. The van der Waals surface area contributed by atoms with Crippen LogP contribution in [0.15, 0.2) is 23.2 Å². The highest BCUT2D eigenvalue weighted by Gasteiger charge is 2.25. The first-order valence-electron chi connectivity index (χ1n) is 10.6. The molecule has 1 aromatic carbocycles. The number of morpholine rings is 1. The Labute approximate surface area is 182 Å². The van der Waals surface area contributed by atoms with E-state index in [2.05, 4.69) is 9.98 Å². The van der Waals surface area contributed by atoms with Gasteiger partial charge in [0.05, 0.1) is 36.6 Å². The van der Waals surface area contributed by atoms with Gasteiger partial charge >= 0.3 is 0 Å². The van der Waals surface area contributed by atoms with Crippen molar-refractivity contribution in [3.8, 4) is 0 Å². The molecule has 0 bridgehead atoms. The third-order valence-corrected chi connectivity index (χ3v) is 5.53. The highest BCUT2D eigenvalue weighted by atomic mass is 19.1. The quantitative estimate of drug-likeness (QED) is 0.670. The van der Waals surface area contributed by atoms with Crippen molar-refractivity contribution in [3.63, 3.8) is 0 Å². The second-order valence-electron chi connectivity index (χ2n) is 8.71. The number of ether oxygens (including phenoxy) is 1. The minimum atomic E-state index is -0.969. The number of nitrogens with zero attached hydrogens (tertiary/aromatic N) is 3. The zero-order chi connectivity index (χ0) is 22.6. The van der Waals surface area contributed by atoms with Crippen LogP contribution in [-0.2, 0) is 17.7 Å². The van der Waals surface area contributed by atoms with Crippen LogP contribution in [0.5, 0.6) is 0 Å². The Morgan fingerprint density at radius 2 is 1.87 bits per heavy atom. The number of benzene rings is 1. The van der Waals surface area contributed by atoms with Crippen LogP contribution >= 0.6 is 0 Å². The fourth-order valence-electron chi connectivity index (χ4n) is 3.43. The van der Waals surface area contributed by atoms with Gasteiger partial charge in [0.1, 0.15) is 0 Å². The first-order valence-corrected chi connectivity index (χ1v) is 10.6. The van der Waals surface area contributed by atoms with E-state index in [0.29, 0.717) is 32.7 Å². The summed E-state index contributed by atoms with van der Waals surface area (Å²) < 4.78 is 35.9. The van der Waals surface area contributed by atoms with E-state index < -0.39 is 17.2 Å². The number of aliphatic hydroxyl groups is 1. The zero-order valence-electron chi connectivity index (χ0n) is 18.7. The molecule has 0 unspecified atom stereocenters. The molecular formula is C24H31F2N3O2. The maximum absolute atomic E-state index is 15.3. The van der Waals surface area contributed by atoms with E-state index in [1.807, 2.05) is 32.0 Å². The number of aryl methyl sites for hydroxylation is 3. The number of aromatic nitrogens is 1. The van der Waals surface area contributed by atoms with Crippen LogP contribution in [0.4, 0.5) is 14.6 Å². The molecule has 0 amide bonds. The van der Waals surface area contributed by atoms with Gasteiger partial charge in [-0.25, -0.2) is 13.8 Å². The molecule has 7 heteroatoms. The maximum Gasteiger partial charge on any atom is 0.173 e. The summed E-state index contributed by atoms with van der Waals surface area (Å²) in [5.74, 6) is -1.23. The third kappa shape index (κ3) is 6.08. The van der Waals surface area contributed by atoms with Crippen LogP contribution in [0.2, 0.25) is 0 Å². The summed E-state index contributed by atoms with van der Waals surface area (Å²) >= 11 is 0. The fraction of sp³-hybridized carbons (Fsp3) is 0.500. The number of hydrogen-bond acceptors (Lipinski definition) is 5. The Hall–Kier alpha value is -2.38. The van der Waals surface area contributed by atoms with Gasteiger partial charge in [-0.15, -0.1) is 0 Å². The first-order chi connectivity index (χ1) is 14.7. The Morgan fingerprint density at radius 1 is 1.16 bits per heavy atom. The molecule has 2 heterocycles. The van der Waals surface area contributed by atoms with Crippen LogP contribution in [0.1, 0.15) is 48.2 Å². The van der Waals surface area contributed by atoms with Crippen LogP contribution in [0.25, 0.3) is 0 Å². The van der Waals surface area contributed by atoms with Crippen LogP contribution in [0.3, 0.4) is 0 Å². The van der Waals surface area contributed by atoms with Crippen molar-refractivity contribution in [1.82, 2.24) is 4.98 Å². The largest absolute Gasteiger partial charge is 0.390 e. The van der Waals surface area contributed by atoms with Crippen LogP contribution < -0.4 is 4.90 Å². The van der Waals surface area contributed by atoms with Crippen molar-refractivity contribution in [1.29, 1.82) is 0 Å². The SMILES string of the molecule is Cc1ccc(C=NCc2c(F)c(CCC(C)(C)O)nc(N3CCOCC3)c2F)cc1C. The van der Waals surface area contributed by atoms with Gasteiger partial charge in [0, 0.05) is 19.3 Å². The number of pyridine rings is 1. The maximum atomic E-state index is 15.3. The minimum Gasteiger partial charge on any atom is -0.390 e.